The second-order valence-electron chi connectivity index (χ2n) is 5.59. The van der Waals surface area contributed by atoms with Gasteiger partial charge in [0.1, 0.15) is 22.8 Å². The predicted molar refractivity (Wildman–Crippen MR) is 79.9 cm³/mol. The smallest absolute Gasteiger partial charge is 0.132 e. The Morgan fingerprint density at radius 2 is 2.43 bits per heavy atom. The van der Waals surface area contributed by atoms with Gasteiger partial charge in [-0.15, -0.1) is 0 Å². The van der Waals surface area contributed by atoms with Gasteiger partial charge in [-0.2, -0.15) is 0 Å². The number of hydrogen-bond acceptors (Lipinski definition) is 4. The van der Waals surface area contributed by atoms with Gasteiger partial charge in [0, 0.05) is 13.1 Å². The second-order valence-corrected chi connectivity index (χ2v) is 5.98. The van der Waals surface area contributed by atoms with E-state index in [4.69, 9.17) is 16.0 Å². The van der Waals surface area contributed by atoms with Crippen molar-refractivity contribution in [2.24, 2.45) is 7.05 Å². The fourth-order valence-corrected chi connectivity index (χ4v) is 3.12. The zero-order valence-corrected chi connectivity index (χ0v) is 12.8. The van der Waals surface area contributed by atoms with Crippen molar-refractivity contribution in [2.45, 2.75) is 38.0 Å². The van der Waals surface area contributed by atoms with Crippen molar-refractivity contribution in [3.05, 3.63) is 41.3 Å². The first-order chi connectivity index (χ1) is 10.1. The topological polar surface area (TPSA) is 54.4 Å². The Morgan fingerprint density at radius 1 is 1.57 bits per heavy atom. The third-order valence-electron chi connectivity index (χ3n) is 4.24. The molecule has 5 nitrogen and oxygen atoms in total. The van der Waals surface area contributed by atoms with Crippen LogP contribution in [0, 0.1) is 0 Å². The van der Waals surface area contributed by atoms with Crippen LogP contribution in [0.2, 0.25) is 5.15 Å². The SMILES string of the molecule is Cn1c(Cl)cnc1CN1CCCC1CC(O)c1ccco1. The van der Waals surface area contributed by atoms with Crippen LogP contribution in [0.3, 0.4) is 0 Å². The monoisotopic (exact) mass is 309 g/mol. The largest absolute Gasteiger partial charge is 0.467 e. The highest BCUT2D eigenvalue weighted by Gasteiger charge is 2.28. The molecule has 1 saturated heterocycles. The van der Waals surface area contributed by atoms with E-state index < -0.39 is 6.10 Å². The number of nitrogens with zero attached hydrogens (tertiary/aromatic N) is 3. The number of aromatic nitrogens is 2. The van der Waals surface area contributed by atoms with Gasteiger partial charge in [0.25, 0.3) is 0 Å². The van der Waals surface area contributed by atoms with E-state index in [1.54, 1.807) is 18.5 Å². The molecule has 2 aromatic heterocycles. The molecule has 0 aliphatic carbocycles. The fraction of sp³-hybridized carbons (Fsp3) is 0.533. The van der Waals surface area contributed by atoms with Crippen LogP contribution in [-0.2, 0) is 13.6 Å². The molecular formula is C15H20ClN3O2. The molecule has 0 radical (unpaired) electrons. The van der Waals surface area contributed by atoms with E-state index in [0.717, 1.165) is 31.8 Å². The van der Waals surface area contributed by atoms with Crippen molar-refractivity contribution in [1.82, 2.24) is 14.5 Å². The number of imidazole rings is 1. The van der Waals surface area contributed by atoms with Gasteiger partial charge >= 0.3 is 0 Å². The molecule has 0 aromatic carbocycles. The summed E-state index contributed by atoms with van der Waals surface area (Å²) in [6, 6.07) is 3.98. The van der Waals surface area contributed by atoms with Gasteiger partial charge in [0.15, 0.2) is 0 Å². The number of aliphatic hydroxyl groups excluding tert-OH is 1. The zero-order valence-electron chi connectivity index (χ0n) is 12.1. The molecule has 0 bridgehead atoms. The normalized spacial score (nSPS) is 21.0. The Hall–Kier alpha value is -1.30. The van der Waals surface area contributed by atoms with Crippen molar-refractivity contribution in [3.8, 4) is 0 Å². The molecule has 1 N–H and O–H groups in total. The lowest BCUT2D eigenvalue weighted by molar-refractivity contribution is 0.0984. The van der Waals surface area contributed by atoms with Gasteiger partial charge in [-0.1, -0.05) is 11.6 Å². The molecule has 6 heteroatoms. The number of halogens is 1. The highest BCUT2D eigenvalue weighted by atomic mass is 35.5. The summed E-state index contributed by atoms with van der Waals surface area (Å²) in [5.74, 6) is 1.60. The minimum atomic E-state index is -0.546. The molecule has 2 atom stereocenters. The fourth-order valence-electron chi connectivity index (χ4n) is 2.98. The van der Waals surface area contributed by atoms with Gasteiger partial charge in [-0.3, -0.25) is 4.90 Å². The average molecular weight is 310 g/mol. The Morgan fingerprint density at radius 3 is 3.10 bits per heavy atom. The average Bonchev–Trinajstić information content (AvgIpc) is 3.18. The molecular weight excluding hydrogens is 290 g/mol. The van der Waals surface area contributed by atoms with Gasteiger partial charge in [-0.25, -0.2) is 4.98 Å². The summed E-state index contributed by atoms with van der Waals surface area (Å²) in [5, 5.41) is 10.9. The standard InChI is InChI=1S/C15H20ClN3O2/c1-18-14(16)9-17-15(18)10-19-6-2-4-11(19)8-12(20)13-5-3-7-21-13/h3,5,7,9,11-12,20H,2,4,6,8,10H2,1H3. The van der Waals surface area contributed by atoms with Gasteiger partial charge in [0.05, 0.1) is 19.0 Å². The van der Waals surface area contributed by atoms with Crippen molar-refractivity contribution in [3.63, 3.8) is 0 Å². The first kappa shape index (κ1) is 14.6. The van der Waals surface area contributed by atoms with E-state index in [1.165, 1.54) is 0 Å². The van der Waals surface area contributed by atoms with Crippen molar-refractivity contribution >= 4 is 11.6 Å². The minimum Gasteiger partial charge on any atom is -0.467 e. The van der Waals surface area contributed by atoms with E-state index in [2.05, 4.69) is 9.88 Å². The summed E-state index contributed by atoms with van der Waals surface area (Å²) >= 11 is 6.03. The third-order valence-corrected chi connectivity index (χ3v) is 4.59. The number of furan rings is 1. The summed E-state index contributed by atoms with van der Waals surface area (Å²) in [6.07, 6.45) is 5.66. The molecule has 1 aliphatic heterocycles. The number of aliphatic hydroxyl groups is 1. The first-order valence-electron chi connectivity index (χ1n) is 7.26. The van der Waals surface area contributed by atoms with Gasteiger partial charge in [0.2, 0.25) is 0 Å². The lowest BCUT2D eigenvalue weighted by atomic mass is 10.1. The lowest BCUT2D eigenvalue weighted by Gasteiger charge is -2.25. The van der Waals surface area contributed by atoms with Crippen LogP contribution in [0.5, 0.6) is 0 Å². The molecule has 21 heavy (non-hydrogen) atoms. The van der Waals surface area contributed by atoms with E-state index in [1.807, 2.05) is 17.7 Å². The molecule has 0 spiro atoms. The molecule has 3 heterocycles. The summed E-state index contributed by atoms with van der Waals surface area (Å²) in [7, 11) is 1.92. The minimum absolute atomic E-state index is 0.348. The molecule has 1 fully saturated rings. The Balaban J connectivity index is 1.64. The maximum absolute atomic E-state index is 10.3. The second kappa shape index (κ2) is 6.22. The van der Waals surface area contributed by atoms with Crippen molar-refractivity contribution in [2.75, 3.05) is 6.54 Å². The van der Waals surface area contributed by atoms with E-state index >= 15 is 0 Å². The highest BCUT2D eigenvalue weighted by Crippen LogP contribution is 2.28. The quantitative estimate of drug-likeness (QED) is 0.922. The molecule has 1 aliphatic rings. The first-order valence-corrected chi connectivity index (χ1v) is 7.64. The van der Waals surface area contributed by atoms with Crippen LogP contribution in [-0.4, -0.2) is 32.1 Å². The zero-order chi connectivity index (χ0) is 14.8. The molecule has 114 valence electrons. The molecule has 2 unspecified atom stereocenters. The number of likely N-dealkylation sites (tertiary alicyclic amines) is 1. The Bertz CT molecular complexity index is 582. The lowest BCUT2D eigenvalue weighted by Crippen LogP contribution is -2.31. The van der Waals surface area contributed by atoms with Crippen LogP contribution >= 0.6 is 11.6 Å². The molecule has 3 rings (SSSR count). The summed E-state index contributed by atoms with van der Waals surface area (Å²) in [4.78, 5) is 6.72. The van der Waals surface area contributed by atoms with E-state index in [0.29, 0.717) is 23.4 Å². The van der Waals surface area contributed by atoms with Crippen LogP contribution < -0.4 is 0 Å². The van der Waals surface area contributed by atoms with Gasteiger partial charge in [-0.05, 0) is 37.9 Å². The van der Waals surface area contributed by atoms with Crippen molar-refractivity contribution in [1.29, 1.82) is 0 Å². The molecule has 0 amide bonds. The highest BCUT2D eigenvalue weighted by molar-refractivity contribution is 6.29. The van der Waals surface area contributed by atoms with Crippen LogP contribution in [0.25, 0.3) is 0 Å². The Labute approximate surface area is 129 Å². The number of hydrogen-bond donors (Lipinski definition) is 1. The number of rotatable bonds is 5. The predicted octanol–water partition coefficient (Wildman–Crippen LogP) is 2.75. The molecule has 0 saturated carbocycles. The maximum atomic E-state index is 10.3. The van der Waals surface area contributed by atoms with Crippen LogP contribution in [0.15, 0.2) is 29.0 Å². The Kier molecular flexibility index (Phi) is 4.33. The summed E-state index contributed by atoms with van der Waals surface area (Å²) < 4.78 is 7.18. The van der Waals surface area contributed by atoms with Crippen LogP contribution in [0.4, 0.5) is 0 Å². The maximum Gasteiger partial charge on any atom is 0.132 e. The summed E-state index contributed by atoms with van der Waals surface area (Å²) in [5.41, 5.74) is 0. The third kappa shape index (κ3) is 3.15. The van der Waals surface area contributed by atoms with Gasteiger partial charge < -0.3 is 14.1 Å². The van der Waals surface area contributed by atoms with E-state index in [9.17, 15) is 5.11 Å². The molecule has 2 aromatic rings. The van der Waals surface area contributed by atoms with Crippen molar-refractivity contribution < 1.29 is 9.52 Å². The summed E-state index contributed by atoms with van der Waals surface area (Å²) in [6.45, 7) is 1.79. The van der Waals surface area contributed by atoms with Crippen LogP contribution in [0.1, 0.15) is 37.0 Å². The van der Waals surface area contributed by atoms with E-state index in [-0.39, 0.29) is 0 Å².